The highest BCUT2D eigenvalue weighted by molar-refractivity contribution is 8.00. The van der Waals surface area contributed by atoms with Crippen molar-refractivity contribution >= 4 is 35.6 Å². The second-order valence-corrected chi connectivity index (χ2v) is 16.3. The smallest absolute Gasteiger partial charge is 0.407 e. The van der Waals surface area contributed by atoms with Gasteiger partial charge < -0.3 is 25.8 Å². The minimum Gasteiger partial charge on any atom is -0.453 e. The Hall–Kier alpha value is -4.13. The van der Waals surface area contributed by atoms with Crippen molar-refractivity contribution in [1.82, 2.24) is 21.4 Å². The van der Waals surface area contributed by atoms with E-state index in [0.29, 0.717) is 42.7 Å². The number of hydrogen-bond donors (Lipinski definition) is 6. The maximum atomic E-state index is 14.0. The van der Waals surface area contributed by atoms with E-state index in [4.69, 9.17) is 4.74 Å². The zero-order chi connectivity index (χ0) is 37.9. The van der Waals surface area contributed by atoms with Crippen LogP contribution in [0.2, 0.25) is 0 Å². The Morgan fingerprint density at radius 1 is 1.04 bits per heavy atom. The molecule has 3 aliphatic rings. The number of methoxy groups -OCH3 is 1. The summed E-state index contributed by atoms with van der Waals surface area (Å²) in [7, 11) is 1.25. The van der Waals surface area contributed by atoms with E-state index in [1.807, 2.05) is 82.8 Å². The molecule has 5 atom stereocenters. The molecule has 0 spiro atoms. The third kappa shape index (κ3) is 11.7. The molecule has 282 valence electrons. The van der Waals surface area contributed by atoms with E-state index in [-0.39, 0.29) is 30.6 Å². The maximum absolute atomic E-state index is 14.0. The van der Waals surface area contributed by atoms with Gasteiger partial charge in [-0.15, -0.1) is 11.8 Å². The molecule has 0 aromatic heterocycles. The van der Waals surface area contributed by atoms with Gasteiger partial charge in [-0.2, -0.15) is 0 Å². The second-order valence-electron chi connectivity index (χ2n) is 15.1. The van der Waals surface area contributed by atoms with E-state index in [0.717, 1.165) is 22.4 Å². The van der Waals surface area contributed by atoms with Crippen LogP contribution in [0.4, 0.5) is 4.79 Å². The van der Waals surface area contributed by atoms with E-state index in [2.05, 4.69) is 57.8 Å². The van der Waals surface area contributed by atoms with Crippen molar-refractivity contribution in [3.8, 4) is 0 Å². The van der Waals surface area contributed by atoms with Gasteiger partial charge in [0.1, 0.15) is 24.2 Å². The average molecular weight is 735 g/mol. The molecule has 2 bridgehead atoms. The third-order valence-corrected chi connectivity index (χ3v) is 10.6. The van der Waals surface area contributed by atoms with Crippen LogP contribution in [0.5, 0.6) is 0 Å². The topological polar surface area (TPSA) is 150 Å². The minimum absolute atomic E-state index is 0.0489. The van der Waals surface area contributed by atoms with Gasteiger partial charge in [-0.1, -0.05) is 107 Å². The number of nitrogens with one attached hydrogen (secondary N) is 5. The number of carbonyl (C=O) groups excluding carboxylic acids is 4. The fourth-order valence-corrected chi connectivity index (χ4v) is 7.36. The summed E-state index contributed by atoms with van der Waals surface area (Å²) in [6.45, 7) is 10.4. The van der Waals surface area contributed by atoms with E-state index in [1.165, 1.54) is 12.7 Å². The molecule has 0 saturated heterocycles. The molecule has 6 N–H and O–H groups in total. The van der Waals surface area contributed by atoms with Crippen molar-refractivity contribution in [3.63, 3.8) is 0 Å². The van der Waals surface area contributed by atoms with Gasteiger partial charge in [-0.25, -0.2) is 15.2 Å². The van der Waals surface area contributed by atoms with Gasteiger partial charge >= 0.3 is 6.09 Å². The SMILES string of the molecule is COC(=O)N[C@H](C(=O)N[NH+](CCC[C@@]1(O)Cc2ccc(cc2)C/C=C\CNC(=O)[C@H](C(C)C)NC1=O)Cc1ccc([C@H]2C=CCS2)cc1)C(C)(C)C. The lowest BCUT2D eigenvalue weighted by Crippen LogP contribution is -3.18. The summed E-state index contributed by atoms with van der Waals surface area (Å²) < 4.78 is 4.80. The van der Waals surface area contributed by atoms with Gasteiger partial charge in [0, 0.05) is 36.0 Å². The summed E-state index contributed by atoms with van der Waals surface area (Å²) in [6.07, 6.45) is 8.72. The minimum atomic E-state index is -1.84. The van der Waals surface area contributed by atoms with Crippen molar-refractivity contribution in [2.75, 3.05) is 26.0 Å². The van der Waals surface area contributed by atoms with E-state index in [9.17, 15) is 24.3 Å². The van der Waals surface area contributed by atoms with E-state index in [1.54, 1.807) is 0 Å². The predicted molar refractivity (Wildman–Crippen MR) is 204 cm³/mol. The van der Waals surface area contributed by atoms with Gasteiger partial charge in [0.2, 0.25) is 5.91 Å². The molecule has 1 unspecified atom stereocenters. The molecule has 5 rings (SSSR count). The van der Waals surface area contributed by atoms with Crippen LogP contribution in [0.25, 0.3) is 0 Å². The highest BCUT2D eigenvalue weighted by atomic mass is 32.2. The molecule has 0 fully saturated rings. The molecule has 2 aromatic rings. The monoisotopic (exact) mass is 734 g/mol. The number of thioether (sulfide) groups is 1. The first-order valence-electron chi connectivity index (χ1n) is 18.1. The lowest BCUT2D eigenvalue weighted by Gasteiger charge is -2.32. The Balaban J connectivity index is 1.58. The number of allylic oxidation sites excluding steroid dienone is 1. The van der Waals surface area contributed by atoms with Crippen LogP contribution >= 0.6 is 11.8 Å². The van der Waals surface area contributed by atoms with E-state index >= 15 is 0 Å². The molecular formula is C40H56N5O6S+. The van der Waals surface area contributed by atoms with Crippen LogP contribution in [0.3, 0.4) is 0 Å². The maximum Gasteiger partial charge on any atom is 0.407 e. The molecule has 11 nitrogen and oxygen atoms in total. The molecule has 0 aliphatic carbocycles. The Morgan fingerprint density at radius 3 is 2.35 bits per heavy atom. The number of amides is 4. The van der Waals surface area contributed by atoms with E-state index < -0.39 is 35.1 Å². The number of aliphatic hydroxyl groups is 1. The number of fused-ring (bicyclic) bond motifs is 11. The zero-order valence-corrected chi connectivity index (χ0v) is 32.1. The number of rotatable bonds is 11. The highest BCUT2D eigenvalue weighted by Crippen LogP contribution is 2.34. The summed E-state index contributed by atoms with van der Waals surface area (Å²) in [5.74, 6) is -0.547. The molecule has 3 heterocycles. The summed E-state index contributed by atoms with van der Waals surface area (Å²) in [5.41, 5.74) is 4.69. The Kier molecular flexibility index (Phi) is 14.5. The molecule has 3 aliphatic heterocycles. The Labute approximate surface area is 312 Å². The van der Waals surface area contributed by atoms with Crippen LogP contribution in [0.1, 0.15) is 75.0 Å². The number of hydrogen-bond acceptors (Lipinski definition) is 7. The van der Waals surface area contributed by atoms with Gasteiger partial charge in [0.05, 0.1) is 13.7 Å². The molecule has 4 amide bonds. The van der Waals surface area contributed by atoms with Crippen molar-refractivity contribution in [2.24, 2.45) is 11.3 Å². The van der Waals surface area contributed by atoms with Crippen molar-refractivity contribution < 1.29 is 34.0 Å². The zero-order valence-electron chi connectivity index (χ0n) is 31.3. The van der Waals surface area contributed by atoms with Crippen molar-refractivity contribution in [2.45, 2.75) is 89.8 Å². The first-order chi connectivity index (χ1) is 24.7. The average Bonchev–Trinajstić information content (AvgIpc) is 3.64. The van der Waals surface area contributed by atoms with Crippen molar-refractivity contribution in [1.29, 1.82) is 0 Å². The summed E-state index contributed by atoms with van der Waals surface area (Å²) >= 11 is 1.87. The number of ether oxygens (including phenoxy) is 1. The first kappa shape index (κ1) is 40.6. The fourth-order valence-electron chi connectivity index (χ4n) is 6.36. The third-order valence-electron chi connectivity index (χ3n) is 9.45. The molecule has 12 heteroatoms. The van der Waals surface area contributed by atoms with Crippen molar-refractivity contribution in [3.05, 3.63) is 95.1 Å². The molecule has 0 saturated carbocycles. The summed E-state index contributed by atoms with van der Waals surface area (Å²) in [6, 6.07) is 14.4. The van der Waals surface area contributed by atoms with Crippen LogP contribution in [0, 0.1) is 11.3 Å². The predicted octanol–water partition coefficient (Wildman–Crippen LogP) is 3.34. The highest BCUT2D eigenvalue weighted by Gasteiger charge is 2.40. The number of benzene rings is 2. The van der Waals surface area contributed by atoms with Crippen LogP contribution in [-0.2, 0) is 38.5 Å². The molecular weight excluding hydrogens is 679 g/mol. The number of carbonyl (C=O) groups is 4. The van der Waals surface area contributed by atoms with Crippen LogP contribution in [-0.4, -0.2) is 72.6 Å². The van der Waals surface area contributed by atoms with Crippen LogP contribution < -0.4 is 26.4 Å². The quantitative estimate of drug-likeness (QED) is 0.153. The standard InChI is InChI=1S/C40H55N5O6S/c1-27(2)33-35(46)41-22-8-7-11-28-13-15-29(16-14-28)25-40(50,37(48)42-33)21-10-23-45(44-36(47)34(39(3,4)5)43-38(49)51-6)26-30-17-19-31(20-18-30)32-12-9-24-52-32/h7-9,12-20,27,32-34,50H,10-11,21-26H2,1-6H3,(H,41,46)(H,42,48)(H,43,49)(H,44,47)/p+1/b8-7-/t32-,33+,34-,40-/m1/s1. The normalized spacial score (nSPS) is 22.8. The van der Waals surface area contributed by atoms with Gasteiger partial charge in [0.15, 0.2) is 0 Å². The number of quaternary nitrogens is 1. The second kappa shape index (κ2) is 18.6. The Bertz CT molecular complexity index is 1590. The lowest BCUT2D eigenvalue weighted by molar-refractivity contribution is -0.950. The van der Waals surface area contributed by atoms with Gasteiger partial charge in [-0.05, 0) is 40.9 Å². The van der Waals surface area contributed by atoms with Gasteiger partial charge in [0.25, 0.3) is 11.8 Å². The molecule has 52 heavy (non-hydrogen) atoms. The Morgan fingerprint density at radius 2 is 1.73 bits per heavy atom. The van der Waals surface area contributed by atoms with Crippen LogP contribution in [0.15, 0.2) is 72.8 Å². The fraction of sp³-hybridized carbons (Fsp3) is 0.500. The number of alkyl carbamates (subject to hydrolysis) is 1. The van der Waals surface area contributed by atoms with Gasteiger partial charge in [-0.3, -0.25) is 14.4 Å². The largest absolute Gasteiger partial charge is 0.453 e. The molecule has 2 aromatic carbocycles. The summed E-state index contributed by atoms with van der Waals surface area (Å²) in [4.78, 5) is 53.1. The lowest BCUT2D eigenvalue weighted by atomic mass is 9.86. The summed E-state index contributed by atoms with van der Waals surface area (Å²) in [5, 5.41) is 21.5. The molecule has 0 radical (unpaired) electrons. The first-order valence-corrected chi connectivity index (χ1v) is 19.1.